The molecule has 1 fully saturated rings. The van der Waals surface area contributed by atoms with Crippen LogP contribution in [-0.2, 0) is 9.59 Å². The molecule has 6 nitrogen and oxygen atoms in total. The van der Waals surface area contributed by atoms with Gasteiger partial charge in [-0.15, -0.1) is 0 Å². The highest BCUT2D eigenvalue weighted by Crippen LogP contribution is 2.35. The first kappa shape index (κ1) is 15.4. The van der Waals surface area contributed by atoms with E-state index in [1.54, 1.807) is 19.1 Å². The summed E-state index contributed by atoms with van der Waals surface area (Å²) in [6.07, 6.45) is 0. The lowest BCUT2D eigenvalue weighted by atomic mass is 10.1. The van der Waals surface area contributed by atoms with E-state index >= 15 is 0 Å². The van der Waals surface area contributed by atoms with Crippen molar-refractivity contribution in [3.05, 3.63) is 59.7 Å². The van der Waals surface area contributed by atoms with Crippen molar-refractivity contribution in [1.29, 1.82) is 0 Å². The third-order valence-electron chi connectivity index (χ3n) is 4.27. The van der Waals surface area contributed by atoms with Crippen molar-refractivity contribution in [2.75, 3.05) is 9.91 Å². The third kappa shape index (κ3) is 2.29. The van der Waals surface area contributed by atoms with Crippen molar-refractivity contribution >= 4 is 23.2 Å². The average Bonchev–Trinajstić information content (AvgIpc) is 3.11. The third-order valence-corrected chi connectivity index (χ3v) is 4.27. The number of benzene rings is 2. The summed E-state index contributed by atoms with van der Waals surface area (Å²) in [5, 5.41) is 8.95. The van der Waals surface area contributed by atoms with Crippen LogP contribution in [0.25, 0.3) is 0 Å². The summed E-state index contributed by atoms with van der Waals surface area (Å²) < 4.78 is 27.3. The van der Waals surface area contributed by atoms with E-state index in [0.717, 1.165) is 11.0 Å². The molecular weight excluding hydrogens is 330 g/mol. The second-order valence-corrected chi connectivity index (χ2v) is 5.86. The molecule has 25 heavy (non-hydrogen) atoms. The van der Waals surface area contributed by atoms with E-state index in [0.29, 0.717) is 11.3 Å². The zero-order chi connectivity index (χ0) is 17.7. The molecule has 0 N–H and O–H groups in total. The molecule has 2 atom stereocenters. The van der Waals surface area contributed by atoms with Gasteiger partial charge in [-0.25, -0.2) is 18.7 Å². The Kier molecular flexibility index (Phi) is 3.34. The van der Waals surface area contributed by atoms with Gasteiger partial charge in [-0.2, -0.15) is 5.11 Å². The summed E-state index contributed by atoms with van der Waals surface area (Å²) in [5.74, 6) is -2.17. The van der Waals surface area contributed by atoms with Crippen molar-refractivity contribution in [1.82, 2.24) is 0 Å². The van der Waals surface area contributed by atoms with Crippen molar-refractivity contribution in [2.45, 2.75) is 19.0 Å². The SMILES string of the molecule is Cc1ccc(N2N=N[C@@H]3C(=O)N(c4cccc(F)c4)C(=O)[C@H]32)cc1F. The normalized spacial score (nSPS) is 22.0. The molecule has 2 aromatic rings. The maximum absolute atomic E-state index is 13.8. The van der Waals surface area contributed by atoms with Crippen LogP contribution in [0.1, 0.15) is 5.56 Å². The van der Waals surface area contributed by atoms with Gasteiger partial charge in [0.15, 0.2) is 12.1 Å². The molecule has 8 heteroatoms. The van der Waals surface area contributed by atoms with E-state index in [-0.39, 0.29) is 5.69 Å². The first-order chi connectivity index (χ1) is 12.0. The molecule has 0 spiro atoms. The van der Waals surface area contributed by atoms with E-state index < -0.39 is 35.5 Å². The van der Waals surface area contributed by atoms with E-state index in [1.807, 2.05) is 0 Å². The molecule has 0 unspecified atom stereocenters. The lowest BCUT2D eigenvalue weighted by Crippen LogP contribution is -2.40. The number of carbonyl (C=O) groups excluding carboxylic acids is 2. The van der Waals surface area contributed by atoms with Crippen molar-refractivity contribution in [3.63, 3.8) is 0 Å². The molecule has 2 amide bonds. The van der Waals surface area contributed by atoms with Crippen LogP contribution in [0.4, 0.5) is 20.2 Å². The zero-order valence-electron chi connectivity index (χ0n) is 13.1. The van der Waals surface area contributed by atoms with Crippen LogP contribution in [0.3, 0.4) is 0 Å². The number of aryl methyl sites for hydroxylation is 1. The molecule has 126 valence electrons. The Hall–Kier alpha value is -3.16. The maximum atomic E-state index is 13.8. The van der Waals surface area contributed by atoms with E-state index in [4.69, 9.17) is 0 Å². The summed E-state index contributed by atoms with van der Waals surface area (Å²) >= 11 is 0. The molecule has 4 rings (SSSR count). The quantitative estimate of drug-likeness (QED) is 0.788. The van der Waals surface area contributed by atoms with Gasteiger partial charge in [0.25, 0.3) is 11.8 Å². The second-order valence-electron chi connectivity index (χ2n) is 5.86. The summed E-state index contributed by atoms with van der Waals surface area (Å²) in [7, 11) is 0. The van der Waals surface area contributed by atoms with E-state index in [9.17, 15) is 18.4 Å². The van der Waals surface area contributed by atoms with E-state index in [2.05, 4.69) is 10.3 Å². The van der Waals surface area contributed by atoms with Crippen LogP contribution in [0, 0.1) is 18.6 Å². The summed E-state index contributed by atoms with van der Waals surface area (Å²) in [6, 6.07) is 7.56. The molecule has 0 aliphatic carbocycles. The number of carbonyl (C=O) groups is 2. The molecule has 0 radical (unpaired) electrons. The summed E-state index contributed by atoms with van der Waals surface area (Å²) in [5.41, 5.74) is 0.905. The van der Waals surface area contributed by atoms with Crippen LogP contribution in [0.15, 0.2) is 52.8 Å². The van der Waals surface area contributed by atoms with Crippen molar-refractivity contribution in [3.8, 4) is 0 Å². The fourth-order valence-corrected chi connectivity index (χ4v) is 2.97. The number of hydrogen-bond donors (Lipinski definition) is 0. The van der Waals surface area contributed by atoms with Gasteiger partial charge in [0.05, 0.1) is 11.4 Å². The lowest BCUT2D eigenvalue weighted by Gasteiger charge is -2.20. The number of halogens is 2. The van der Waals surface area contributed by atoms with Crippen LogP contribution < -0.4 is 9.91 Å². The highest BCUT2D eigenvalue weighted by Gasteiger charge is 2.55. The molecule has 1 saturated heterocycles. The number of imide groups is 1. The molecule has 2 aromatic carbocycles. The molecule has 0 aromatic heterocycles. The molecule has 0 bridgehead atoms. The number of anilines is 2. The van der Waals surface area contributed by atoms with Crippen LogP contribution >= 0.6 is 0 Å². The first-order valence-corrected chi connectivity index (χ1v) is 7.57. The van der Waals surface area contributed by atoms with E-state index in [1.165, 1.54) is 29.3 Å². The van der Waals surface area contributed by atoms with Crippen LogP contribution in [0.2, 0.25) is 0 Å². The Bertz CT molecular complexity index is 931. The number of amides is 2. The fourth-order valence-electron chi connectivity index (χ4n) is 2.97. The number of rotatable bonds is 2. The standard InChI is InChI=1S/C17H12F2N4O2/c1-9-5-6-12(8-13(9)19)23-15-14(20-21-23)16(24)22(17(15)25)11-4-2-3-10(18)7-11/h2-8,14-15H,1H3/t14-,15-/m0/s1. The number of fused-ring (bicyclic) bond motifs is 1. The Labute approximate surface area is 141 Å². The highest BCUT2D eigenvalue weighted by atomic mass is 19.1. The van der Waals surface area contributed by atoms with Gasteiger partial charge in [0.1, 0.15) is 11.6 Å². The van der Waals surface area contributed by atoms with Gasteiger partial charge in [-0.1, -0.05) is 17.4 Å². The van der Waals surface area contributed by atoms with Crippen LogP contribution in [0.5, 0.6) is 0 Å². The molecule has 2 aliphatic rings. The first-order valence-electron chi connectivity index (χ1n) is 7.57. The molecule has 2 aliphatic heterocycles. The van der Waals surface area contributed by atoms with Gasteiger partial charge in [-0.3, -0.25) is 9.59 Å². The summed E-state index contributed by atoms with van der Waals surface area (Å²) in [4.78, 5) is 26.2. The number of hydrogen-bond acceptors (Lipinski definition) is 5. The fraction of sp³-hybridized carbons (Fsp3) is 0.176. The minimum atomic E-state index is -1.03. The monoisotopic (exact) mass is 342 g/mol. The Morgan fingerprint density at radius 2 is 1.80 bits per heavy atom. The molecular formula is C17H12F2N4O2. The highest BCUT2D eigenvalue weighted by molar-refractivity contribution is 6.26. The molecule has 2 heterocycles. The lowest BCUT2D eigenvalue weighted by molar-refractivity contribution is -0.121. The Balaban J connectivity index is 1.71. The van der Waals surface area contributed by atoms with Crippen LogP contribution in [-0.4, -0.2) is 23.9 Å². The minimum absolute atomic E-state index is 0.134. The predicted octanol–water partition coefficient (Wildman–Crippen LogP) is 2.77. The van der Waals surface area contributed by atoms with Gasteiger partial charge in [-0.05, 0) is 42.8 Å². The number of nitrogens with zero attached hydrogens (tertiary/aromatic N) is 4. The van der Waals surface area contributed by atoms with Gasteiger partial charge >= 0.3 is 0 Å². The van der Waals surface area contributed by atoms with Gasteiger partial charge in [0, 0.05) is 0 Å². The Morgan fingerprint density at radius 1 is 1.00 bits per heavy atom. The zero-order valence-corrected chi connectivity index (χ0v) is 13.1. The molecule has 0 saturated carbocycles. The maximum Gasteiger partial charge on any atom is 0.263 e. The topological polar surface area (TPSA) is 65.3 Å². The predicted molar refractivity (Wildman–Crippen MR) is 84.9 cm³/mol. The van der Waals surface area contributed by atoms with Gasteiger partial charge in [0.2, 0.25) is 0 Å². The summed E-state index contributed by atoms with van der Waals surface area (Å²) in [6.45, 7) is 1.61. The Morgan fingerprint density at radius 3 is 2.52 bits per heavy atom. The average molecular weight is 342 g/mol. The largest absolute Gasteiger partial charge is 0.271 e. The van der Waals surface area contributed by atoms with Crippen molar-refractivity contribution < 1.29 is 18.4 Å². The van der Waals surface area contributed by atoms with Gasteiger partial charge < -0.3 is 0 Å². The smallest absolute Gasteiger partial charge is 0.263 e. The van der Waals surface area contributed by atoms with Crippen molar-refractivity contribution in [2.24, 2.45) is 10.3 Å². The second kappa shape index (κ2) is 5.44. The minimum Gasteiger partial charge on any atom is -0.271 e.